The Balaban J connectivity index is 2.48. The second-order valence-electron chi connectivity index (χ2n) is 4.40. The molecule has 5 nitrogen and oxygen atoms in total. The average molecular weight is 263 g/mol. The Morgan fingerprint density at radius 2 is 2.05 bits per heavy atom. The van der Waals surface area contributed by atoms with Gasteiger partial charge in [-0.15, -0.1) is 0 Å². The minimum absolute atomic E-state index is 0.0606. The van der Waals surface area contributed by atoms with Crippen LogP contribution >= 0.6 is 0 Å². The normalized spacial score (nSPS) is 10.5. The smallest absolute Gasteiger partial charge is 0.356 e. The molecule has 0 aliphatic carbocycles. The SMILES string of the molecule is CN(C)c1ccc(-c2cc(C(=O)O)nn2C)cc1F. The van der Waals surface area contributed by atoms with Crippen molar-refractivity contribution in [1.29, 1.82) is 0 Å². The zero-order chi connectivity index (χ0) is 14.2. The number of halogens is 1. The molecule has 19 heavy (non-hydrogen) atoms. The van der Waals surface area contributed by atoms with Crippen molar-refractivity contribution in [2.75, 3.05) is 19.0 Å². The summed E-state index contributed by atoms with van der Waals surface area (Å²) in [4.78, 5) is 12.5. The molecule has 0 aliphatic rings. The Hall–Kier alpha value is -2.37. The van der Waals surface area contributed by atoms with Crippen LogP contribution in [-0.2, 0) is 7.05 Å². The third-order valence-corrected chi connectivity index (χ3v) is 2.82. The van der Waals surface area contributed by atoms with Crippen LogP contribution < -0.4 is 4.90 Å². The van der Waals surface area contributed by atoms with E-state index in [-0.39, 0.29) is 11.5 Å². The topological polar surface area (TPSA) is 58.4 Å². The highest BCUT2D eigenvalue weighted by Crippen LogP contribution is 2.25. The van der Waals surface area contributed by atoms with Crippen molar-refractivity contribution >= 4 is 11.7 Å². The number of carboxylic acids is 1. The maximum absolute atomic E-state index is 13.9. The zero-order valence-electron chi connectivity index (χ0n) is 10.9. The van der Waals surface area contributed by atoms with Gasteiger partial charge in [0.05, 0.1) is 11.4 Å². The Labute approximate surface area is 109 Å². The number of hydrogen-bond acceptors (Lipinski definition) is 3. The largest absolute Gasteiger partial charge is 0.476 e. The van der Waals surface area contributed by atoms with E-state index in [9.17, 15) is 9.18 Å². The van der Waals surface area contributed by atoms with Crippen LogP contribution in [0.15, 0.2) is 24.3 Å². The van der Waals surface area contributed by atoms with Crippen LogP contribution in [0, 0.1) is 5.82 Å². The van der Waals surface area contributed by atoms with E-state index in [2.05, 4.69) is 5.10 Å². The van der Waals surface area contributed by atoms with E-state index in [1.807, 2.05) is 0 Å². The van der Waals surface area contributed by atoms with Crippen molar-refractivity contribution in [2.24, 2.45) is 7.05 Å². The van der Waals surface area contributed by atoms with E-state index < -0.39 is 5.97 Å². The van der Waals surface area contributed by atoms with Gasteiger partial charge in [0.25, 0.3) is 0 Å². The predicted octanol–water partition coefficient (Wildman–Crippen LogP) is 1.99. The van der Waals surface area contributed by atoms with E-state index in [0.717, 1.165) is 0 Å². The first-order valence-corrected chi connectivity index (χ1v) is 5.64. The molecule has 0 radical (unpaired) electrons. The van der Waals surface area contributed by atoms with Crippen molar-refractivity contribution in [3.05, 3.63) is 35.8 Å². The second kappa shape index (κ2) is 4.72. The van der Waals surface area contributed by atoms with Crippen LogP contribution in [0.5, 0.6) is 0 Å². The third kappa shape index (κ3) is 2.42. The molecule has 0 bridgehead atoms. The van der Waals surface area contributed by atoms with E-state index in [0.29, 0.717) is 16.9 Å². The molecule has 1 aromatic heterocycles. The number of hydrogen-bond donors (Lipinski definition) is 1. The minimum atomic E-state index is -1.10. The Morgan fingerprint density at radius 1 is 1.37 bits per heavy atom. The molecule has 2 aromatic rings. The number of rotatable bonds is 3. The van der Waals surface area contributed by atoms with Crippen molar-refractivity contribution in [2.45, 2.75) is 0 Å². The van der Waals surface area contributed by atoms with Crippen LogP contribution in [0.4, 0.5) is 10.1 Å². The van der Waals surface area contributed by atoms with Gasteiger partial charge >= 0.3 is 5.97 Å². The van der Waals surface area contributed by atoms with Crippen LogP contribution in [0.3, 0.4) is 0 Å². The van der Waals surface area contributed by atoms with Crippen molar-refractivity contribution in [1.82, 2.24) is 9.78 Å². The summed E-state index contributed by atoms with van der Waals surface area (Å²) in [6, 6.07) is 6.18. The van der Waals surface area contributed by atoms with Gasteiger partial charge in [-0.05, 0) is 18.2 Å². The second-order valence-corrected chi connectivity index (χ2v) is 4.40. The quantitative estimate of drug-likeness (QED) is 0.920. The van der Waals surface area contributed by atoms with Crippen LogP contribution in [-0.4, -0.2) is 35.0 Å². The summed E-state index contributed by atoms with van der Waals surface area (Å²) in [5.41, 5.74) is 1.56. The van der Waals surface area contributed by atoms with Crippen LogP contribution in [0.2, 0.25) is 0 Å². The number of aromatic nitrogens is 2. The van der Waals surface area contributed by atoms with E-state index in [1.54, 1.807) is 38.2 Å². The molecule has 0 aliphatic heterocycles. The van der Waals surface area contributed by atoms with Gasteiger partial charge < -0.3 is 10.0 Å². The monoisotopic (exact) mass is 263 g/mol. The van der Waals surface area contributed by atoms with Gasteiger partial charge in [-0.25, -0.2) is 9.18 Å². The standard InChI is InChI=1S/C13H14FN3O2/c1-16(2)11-5-4-8(6-9(11)14)12-7-10(13(18)19)15-17(12)3/h4-7H,1-3H3,(H,18,19). The molecule has 100 valence electrons. The molecule has 2 rings (SSSR count). The maximum Gasteiger partial charge on any atom is 0.356 e. The fourth-order valence-electron chi connectivity index (χ4n) is 1.87. The zero-order valence-corrected chi connectivity index (χ0v) is 10.9. The minimum Gasteiger partial charge on any atom is -0.476 e. The molecule has 0 atom stereocenters. The molecule has 0 saturated carbocycles. The lowest BCUT2D eigenvalue weighted by atomic mass is 10.1. The fraction of sp³-hybridized carbons (Fsp3) is 0.231. The third-order valence-electron chi connectivity index (χ3n) is 2.82. The van der Waals surface area contributed by atoms with E-state index in [1.165, 1.54) is 16.8 Å². The molecule has 0 saturated heterocycles. The van der Waals surface area contributed by atoms with Crippen molar-refractivity contribution < 1.29 is 14.3 Å². The summed E-state index contributed by atoms with van der Waals surface area (Å²) in [6.07, 6.45) is 0. The molecule has 0 unspecified atom stereocenters. The van der Waals surface area contributed by atoms with Crippen LogP contribution in [0.1, 0.15) is 10.5 Å². The summed E-state index contributed by atoms with van der Waals surface area (Å²) in [5, 5.41) is 12.7. The molecule has 0 spiro atoms. The summed E-state index contributed by atoms with van der Waals surface area (Å²) in [6.45, 7) is 0. The molecule has 6 heteroatoms. The number of carboxylic acid groups (broad SMARTS) is 1. The van der Waals surface area contributed by atoms with Gasteiger partial charge in [-0.1, -0.05) is 6.07 Å². The Morgan fingerprint density at radius 3 is 2.53 bits per heavy atom. The number of benzene rings is 1. The summed E-state index contributed by atoms with van der Waals surface area (Å²) >= 11 is 0. The van der Waals surface area contributed by atoms with Gasteiger partial charge in [0.2, 0.25) is 0 Å². The fourth-order valence-corrected chi connectivity index (χ4v) is 1.87. The number of anilines is 1. The van der Waals surface area contributed by atoms with Gasteiger partial charge in [0, 0.05) is 26.7 Å². The molecule has 1 N–H and O–H groups in total. The highest BCUT2D eigenvalue weighted by molar-refractivity contribution is 5.87. The van der Waals surface area contributed by atoms with Gasteiger partial charge in [-0.3, -0.25) is 4.68 Å². The van der Waals surface area contributed by atoms with E-state index in [4.69, 9.17) is 5.11 Å². The summed E-state index contributed by atoms with van der Waals surface area (Å²) < 4.78 is 15.3. The molecule has 1 heterocycles. The maximum atomic E-state index is 13.9. The lowest BCUT2D eigenvalue weighted by Gasteiger charge is -2.14. The average Bonchev–Trinajstić information content (AvgIpc) is 2.71. The van der Waals surface area contributed by atoms with Crippen molar-refractivity contribution in [3.63, 3.8) is 0 Å². The van der Waals surface area contributed by atoms with Crippen molar-refractivity contribution in [3.8, 4) is 11.3 Å². The van der Waals surface area contributed by atoms with Crippen LogP contribution in [0.25, 0.3) is 11.3 Å². The number of nitrogens with zero attached hydrogens (tertiary/aromatic N) is 3. The lowest BCUT2D eigenvalue weighted by Crippen LogP contribution is -2.10. The number of aromatic carboxylic acids is 1. The molecule has 1 aromatic carbocycles. The molecule has 0 amide bonds. The predicted molar refractivity (Wildman–Crippen MR) is 69.9 cm³/mol. The molecule has 0 fully saturated rings. The van der Waals surface area contributed by atoms with Gasteiger partial charge in [0.1, 0.15) is 5.82 Å². The Kier molecular flexibility index (Phi) is 3.25. The highest BCUT2D eigenvalue weighted by Gasteiger charge is 2.14. The highest BCUT2D eigenvalue weighted by atomic mass is 19.1. The summed E-state index contributed by atoms with van der Waals surface area (Å²) in [5.74, 6) is -1.46. The first-order chi connectivity index (χ1) is 8.90. The lowest BCUT2D eigenvalue weighted by molar-refractivity contribution is 0.0689. The van der Waals surface area contributed by atoms with E-state index >= 15 is 0 Å². The molecular weight excluding hydrogens is 249 g/mol. The first kappa shape index (κ1) is 13.1. The Bertz CT molecular complexity index is 635. The summed E-state index contributed by atoms with van der Waals surface area (Å²) in [7, 11) is 5.13. The first-order valence-electron chi connectivity index (χ1n) is 5.64. The van der Waals surface area contributed by atoms with Gasteiger partial charge in [0.15, 0.2) is 5.69 Å². The van der Waals surface area contributed by atoms with Gasteiger partial charge in [-0.2, -0.15) is 5.10 Å². The molecular formula is C13H14FN3O2. The number of aryl methyl sites for hydroxylation is 1. The number of carbonyl (C=O) groups is 1.